The Bertz CT molecular complexity index is 260. The highest BCUT2D eigenvalue weighted by molar-refractivity contribution is 5.79. The van der Waals surface area contributed by atoms with Gasteiger partial charge in [0.25, 0.3) is 0 Å². The summed E-state index contributed by atoms with van der Waals surface area (Å²) in [4.78, 5) is 4.56. The summed E-state index contributed by atoms with van der Waals surface area (Å²) in [5, 5.41) is 6.65. The largest absolute Gasteiger partial charge is 0.377 e. The molecular formula is C14H29N3O. The van der Waals surface area contributed by atoms with E-state index in [9.17, 15) is 0 Å². The van der Waals surface area contributed by atoms with Gasteiger partial charge in [0.1, 0.15) is 0 Å². The first-order valence-corrected chi connectivity index (χ1v) is 7.14. The van der Waals surface area contributed by atoms with Gasteiger partial charge in [0.05, 0.1) is 12.1 Å². The molecule has 1 aliphatic carbocycles. The van der Waals surface area contributed by atoms with Gasteiger partial charge in [0, 0.05) is 20.2 Å². The molecule has 1 saturated carbocycles. The number of rotatable bonds is 8. The molecule has 0 aromatic rings. The van der Waals surface area contributed by atoms with E-state index >= 15 is 0 Å². The van der Waals surface area contributed by atoms with E-state index in [1.165, 1.54) is 25.7 Å². The van der Waals surface area contributed by atoms with Crippen molar-refractivity contribution in [3.8, 4) is 0 Å². The minimum atomic E-state index is -0.198. The zero-order valence-electron chi connectivity index (χ0n) is 12.4. The Morgan fingerprint density at radius 3 is 2.61 bits per heavy atom. The molecule has 0 spiro atoms. The molecule has 0 aliphatic heterocycles. The molecule has 0 aromatic carbocycles. The normalized spacial score (nSPS) is 16.8. The molecular weight excluding hydrogens is 226 g/mol. The molecule has 2 N–H and O–H groups in total. The third-order valence-electron chi connectivity index (χ3n) is 3.29. The summed E-state index contributed by atoms with van der Waals surface area (Å²) in [6, 6.07) is 0. The summed E-state index contributed by atoms with van der Waals surface area (Å²) >= 11 is 0. The maximum absolute atomic E-state index is 5.37. The average molecular weight is 255 g/mol. The van der Waals surface area contributed by atoms with Crippen molar-refractivity contribution in [3.05, 3.63) is 0 Å². The Morgan fingerprint density at radius 2 is 2.06 bits per heavy atom. The second kappa shape index (κ2) is 7.62. The summed E-state index contributed by atoms with van der Waals surface area (Å²) in [7, 11) is 1.73. The summed E-state index contributed by atoms with van der Waals surface area (Å²) in [5.41, 5.74) is -0.198. The molecule has 18 heavy (non-hydrogen) atoms. The first-order chi connectivity index (χ1) is 8.57. The van der Waals surface area contributed by atoms with Gasteiger partial charge >= 0.3 is 0 Å². The van der Waals surface area contributed by atoms with Gasteiger partial charge in [-0.05, 0) is 39.5 Å². The molecule has 0 amide bonds. The molecule has 0 radical (unpaired) electrons. The lowest BCUT2D eigenvalue weighted by Crippen LogP contribution is -2.39. The monoisotopic (exact) mass is 255 g/mol. The van der Waals surface area contributed by atoms with Crippen LogP contribution in [0.15, 0.2) is 4.99 Å². The van der Waals surface area contributed by atoms with Crippen LogP contribution >= 0.6 is 0 Å². The highest BCUT2D eigenvalue weighted by Crippen LogP contribution is 2.33. The van der Waals surface area contributed by atoms with Crippen LogP contribution in [0.3, 0.4) is 0 Å². The second-order valence-corrected chi connectivity index (χ2v) is 5.67. The van der Waals surface area contributed by atoms with E-state index in [1.54, 1.807) is 7.11 Å². The molecule has 0 aromatic heterocycles. The number of guanidine groups is 1. The Labute approximate surface area is 112 Å². The molecule has 0 unspecified atom stereocenters. The topological polar surface area (TPSA) is 45.7 Å². The number of aliphatic imine (C=N–C) groups is 1. The molecule has 0 bridgehead atoms. The van der Waals surface area contributed by atoms with Crippen LogP contribution in [0.1, 0.15) is 46.5 Å². The minimum Gasteiger partial charge on any atom is -0.377 e. The van der Waals surface area contributed by atoms with Crippen molar-refractivity contribution < 1.29 is 4.74 Å². The van der Waals surface area contributed by atoms with Crippen LogP contribution in [0.4, 0.5) is 0 Å². The zero-order valence-corrected chi connectivity index (χ0v) is 12.4. The van der Waals surface area contributed by atoms with Gasteiger partial charge in [-0.15, -0.1) is 0 Å². The van der Waals surface area contributed by atoms with E-state index in [2.05, 4.69) is 22.5 Å². The second-order valence-electron chi connectivity index (χ2n) is 5.67. The molecule has 0 atom stereocenters. The average Bonchev–Trinajstić information content (AvgIpc) is 3.15. The lowest BCUT2D eigenvalue weighted by atomic mass is 10.1. The predicted molar refractivity (Wildman–Crippen MR) is 77.0 cm³/mol. The van der Waals surface area contributed by atoms with Crippen LogP contribution in [0.25, 0.3) is 0 Å². The molecule has 1 rings (SSSR count). The van der Waals surface area contributed by atoms with Crippen molar-refractivity contribution in [3.63, 3.8) is 0 Å². The SMILES string of the molecule is CCNC(=NCC(C)(C)OC)NCCCC1CC1. The summed E-state index contributed by atoms with van der Waals surface area (Å²) in [5.74, 6) is 1.91. The molecule has 0 saturated heterocycles. The molecule has 1 fully saturated rings. The number of nitrogens with one attached hydrogen (secondary N) is 2. The van der Waals surface area contributed by atoms with Gasteiger partial charge in [-0.1, -0.05) is 12.8 Å². The Kier molecular flexibility index (Phi) is 6.47. The highest BCUT2D eigenvalue weighted by Gasteiger charge is 2.20. The lowest BCUT2D eigenvalue weighted by Gasteiger charge is -2.21. The van der Waals surface area contributed by atoms with Gasteiger partial charge < -0.3 is 15.4 Å². The standard InChI is InChI=1S/C14H29N3O/c1-5-15-13(17-11-14(2,3)18-4)16-10-6-7-12-8-9-12/h12H,5-11H2,1-4H3,(H2,15,16,17). The summed E-state index contributed by atoms with van der Waals surface area (Å²) in [6.07, 6.45) is 5.48. The van der Waals surface area contributed by atoms with E-state index in [4.69, 9.17) is 4.74 Å². The Balaban J connectivity index is 2.25. The van der Waals surface area contributed by atoms with Crippen molar-refractivity contribution >= 4 is 5.96 Å². The van der Waals surface area contributed by atoms with Gasteiger partial charge in [0.15, 0.2) is 5.96 Å². The van der Waals surface area contributed by atoms with Crippen LogP contribution in [-0.4, -0.2) is 38.3 Å². The fourth-order valence-corrected chi connectivity index (χ4v) is 1.68. The third kappa shape index (κ3) is 6.84. The van der Waals surface area contributed by atoms with Crippen molar-refractivity contribution in [2.45, 2.75) is 52.1 Å². The maximum atomic E-state index is 5.37. The molecule has 4 heteroatoms. The van der Waals surface area contributed by atoms with Crippen LogP contribution in [0, 0.1) is 5.92 Å². The van der Waals surface area contributed by atoms with E-state index < -0.39 is 0 Å². The van der Waals surface area contributed by atoms with E-state index in [0.717, 1.165) is 25.0 Å². The van der Waals surface area contributed by atoms with Gasteiger partial charge in [-0.25, -0.2) is 0 Å². The predicted octanol–water partition coefficient (Wildman–Crippen LogP) is 2.16. The third-order valence-corrected chi connectivity index (χ3v) is 3.29. The number of hydrogen-bond donors (Lipinski definition) is 2. The molecule has 4 nitrogen and oxygen atoms in total. The van der Waals surface area contributed by atoms with Crippen LogP contribution < -0.4 is 10.6 Å². The van der Waals surface area contributed by atoms with E-state index in [1.807, 2.05) is 13.8 Å². The molecule has 0 heterocycles. The van der Waals surface area contributed by atoms with Crippen LogP contribution in [0.5, 0.6) is 0 Å². The van der Waals surface area contributed by atoms with Crippen molar-refractivity contribution in [1.82, 2.24) is 10.6 Å². The molecule has 1 aliphatic rings. The van der Waals surface area contributed by atoms with Gasteiger partial charge in [-0.2, -0.15) is 0 Å². The minimum absolute atomic E-state index is 0.198. The number of methoxy groups -OCH3 is 1. The van der Waals surface area contributed by atoms with Crippen molar-refractivity contribution in [2.24, 2.45) is 10.9 Å². The summed E-state index contributed by atoms with van der Waals surface area (Å²) in [6.45, 7) is 8.75. The maximum Gasteiger partial charge on any atom is 0.191 e. The number of nitrogens with zero attached hydrogens (tertiary/aromatic N) is 1. The zero-order chi connectivity index (χ0) is 13.4. The van der Waals surface area contributed by atoms with E-state index in [0.29, 0.717) is 6.54 Å². The fraction of sp³-hybridized carbons (Fsp3) is 0.929. The molecule has 106 valence electrons. The first-order valence-electron chi connectivity index (χ1n) is 7.14. The van der Waals surface area contributed by atoms with Crippen LogP contribution in [-0.2, 0) is 4.74 Å². The Hall–Kier alpha value is -0.770. The Morgan fingerprint density at radius 1 is 1.33 bits per heavy atom. The fourth-order valence-electron chi connectivity index (χ4n) is 1.68. The quantitative estimate of drug-likeness (QED) is 0.397. The van der Waals surface area contributed by atoms with Crippen molar-refractivity contribution in [2.75, 3.05) is 26.7 Å². The van der Waals surface area contributed by atoms with Crippen molar-refractivity contribution in [1.29, 1.82) is 0 Å². The summed E-state index contributed by atoms with van der Waals surface area (Å²) < 4.78 is 5.37. The van der Waals surface area contributed by atoms with Crippen LogP contribution in [0.2, 0.25) is 0 Å². The smallest absolute Gasteiger partial charge is 0.191 e. The van der Waals surface area contributed by atoms with Gasteiger partial charge in [0.2, 0.25) is 0 Å². The highest BCUT2D eigenvalue weighted by atomic mass is 16.5. The number of hydrogen-bond acceptors (Lipinski definition) is 2. The van der Waals surface area contributed by atoms with Gasteiger partial charge in [-0.3, -0.25) is 4.99 Å². The lowest BCUT2D eigenvalue weighted by molar-refractivity contribution is 0.0310. The number of ether oxygens (including phenoxy) is 1. The first kappa shape index (κ1) is 15.3. The van der Waals surface area contributed by atoms with E-state index in [-0.39, 0.29) is 5.60 Å².